The number of fused-ring (bicyclic) bond motifs is 1. The van der Waals surface area contributed by atoms with Gasteiger partial charge in [0.2, 0.25) is 5.91 Å². The predicted octanol–water partition coefficient (Wildman–Crippen LogP) is 5.39. The standard InChI is InChI=1S/C32H29F2NO8/c1-39-28(36)20-7-3-18(4-8-20)25-16-23(17-26(41-25)19-5-9-21(10-6-19)29(37)40-2)35-30(38)31(13-14-31)22-11-12-24-27(15-22)43-32(33,34)42-24/h3-12,15,23,25-26H,13-14,16-17H2,1-2H3,(H,35,38)/t23-,25+,26-. The van der Waals surface area contributed by atoms with E-state index in [4.69, 9.17) is 14.2 Å². The van der Waals surface area contributed by atoms with Gasteiger partial charge in [-0.2, -0.15) is 0 Å². The zero-order chi connectivity index (χ0) is 30.4. The van der Waals surface area contributed by atoms with E-state index in [2.05, 4.69) is 14.8 Å². The Hall–Kier alpha value is -4.51. The molecule has 9 nitrogen and oxygen atoms in total. The van der Waals surface area contributed by atoms with Crippen molar-refractivity contribution in [3.8, 4) is 11.5 Å². The van der Waals surface area contributed by atoms with E-state index < -0.39 is 35.9 Å². The number of hydrogen-bond donors (Lipinski definition) is 1. The summed E-state index contributed by atoms with van der Waals surface area (Å²) in [5.74, 6) is -1.28. The number of rotatable bonds is 7. The van der Waals surface area contributed by atoms with E-state index in [-0.39, 0.29) is 23.4 Å². The van der Waals surface area contributed by atoms with Gasteiger partial charge in [-0.15, -0.1) is 8.78 Å². The Labute approximate surface area is 246 Å². The Morgan fingerprint density at radius 1 is 0.767 bits per heavy atom. The van der Waals surface area contributed by atoms with E-state index in [0.717, 1.165) is 11.1 Å². The third-order valence-corrected chi connectivity index (χ3v) is 8.21. The van der Waals surface area contributed by atoms with Crippen LogP contribution < -0.4 is 14.8 Å². The summed E-state index contributed by atoms with van der Waals surface area (Å²) in [4.78, 5) is 37.6. The molecule has 3 atom stereocenters. The van der Waals surface area contributed by atoms with Crippen LogP contribution in [0.15, 0.2) is 66.7 Å². The molecular formula is C32H29F2NO8. The SMILES string of the molecule is COC(=O)c1ccc([C@@H]2C[C@@H](NC(=O)C3(c4ccc5c(c4)OC(F)(F)O5)CC3)C[C@H](c3ccc(C(=O)OC)cc3)O2)cc1. The van der Waals surface area contributed by atoms with Crippen LogP contribution in [0, 0.1) is 0 Å². The summed E-state index contributed by atoms with van der Waals surface area (Å²) in [6, 6.07) is 18.0. The van der Waals surface area contributed by atoms with Crippen molar-refractivity contribution in [1.29, 1.82) is 0 Å². The molecule has 1 aliphatic carbocycles. The Bertz CT molecular complexity index is 1490. The van der Waals surface area contributed by atoms with Crippen LogP contribution in [0.3, 0.4) is 0 Å². The summed E-state index contributed by atoms with van der Waals surface area (Å²) in [6.45, 7) is 0. The average molecular weight is 594 g/mol. The van der Waals surface area contributed by atoms with Crippen LogP contribution in [0.2, 0.25) is 0 Å². The third-order valence-electron chi connectivity index (χ3n) is 8.21. The normalized spacial score (nSPS) is 22.7. The first-order valence-electron chi connectivity index (χ1n) is 13.8. The van der Waals surface area contributed by atoms with Gasteiger partial charge in [-0.1, -0.05) is 30.3 Å². The number of esters is 2. The van der Waals surface area contributed by atoms with Crippen LogP contribution in [-0.4, -0.2) is 44.4 Å². The van der Waals surface area contributed by atoms with Crippen molar-refractivity contribution < 1.29 is 46.8 Å². The van der Waals surface area contributed by atoms with Gasteiger partial charge in [0.05, 0.1) is 43.0 Å². The summed E-state index contributed by atoms with van der Waals surface area (Å²) >= 11 is 0. The first-order valence-corrected chi connectivity index (χ1v) is 13.8. The lowest BCUT2D eigenvalue weighted by Gasteiger charge is -2.37. The van der Waals surface area contributed by atoms with E-state index in [1.807, 2.05) is 0 Å². The monoisotopic (exact) mass is 593 g/mol. The molecule has 0 unspecified atom stereocenters. The van der Waals surface area contributed by atoms with Crippen molar-refractivity contribution in [3.05, 3.63) is 94.5 Å². The first-order chi connectivity index (χ1) is 20.6. The molecule has 2 aliphatic heterocycles. The molecule has 0 aromatic heterocycles. The smallest absolute Gasteiger partial charge is 0.465 e. The highest BCUT2D eigenvalue weighted by Crippen LogP contribution is 2.52. The summed E-state index contributed by atoms with van der Waals surface area (Å²) < 4.78 is 52.4. The second kappa shape index (κ2) is 11.0. The molecule has 0 bridgehead atoms. The molecule has 1 N–H and O–H groups in total. The third kappa shape index (κ3) is 5.64. The number of ether oxygens (including phenoxy) is 5. The maximum Gasteiger partial charge on any atom is 0.586 e. The van der Waals surface area contributed by atoms with Gasteiger partial charge in [0, 0.05) is 6.04 Å². The number of benzene rings is 3. The highest BCUT2D eigenvalue weighted by atomic mass is 19.3. The predicted molar refractivity (Wildman–Crippen MR) is 147 cm³/mol. The van der Waals surface area contributed by atoms with Crippen molar-refractivity contribution in [1.82, 2.24) is 5.32 Å². The van der Waals surface area contributed by atoms with Gasteiger partial charge in [0.15, 0.2) is 11.5 Å². The molecule has 2 heterocycles. The number of alkyl halides is 2. The minimum Gasteiger partial charge on any atom is -0.465 e. The van der Waals surface area contributed by atoms with E-state index in [0.29, 0.717) is 42.4 Å². The molecule has 43 heavy (non-hydrogen) atoms. The van der Waals surface area contributed by atoms with E-state index >= 15 is 0 Å². The Morgan fingerprint density at radius 2 is 1.28 bits per heavy atom. The van der Waals surface area contributed by atoms with E-state index in [1.165, 1.54) is 26.4 Å². The van der Waals surface area contributed by atoms with Gasteiger partial charge in [0.1, 0.15) is 0 Å². The van der Waals surface area contributed by atoms with Gasteiger partial charge in [-0.05, 0) is 78.8 Å². The number of carbonyl (C=O) groups is 3. The summed E-state index contributed by atoms with van der Waals surface area (Å²) in [7, 11) is 2.63. The highest BCUT2D eigenvalue weighted by molar-refractivity contribution is 5.92. The second-order valence-corrected chi connectivity index (χ2v) is 10.9. The minimum atomic E-state index is -3.74. The number of halogens is 2. The fourth-order valence-electron chi connectivity index (χ4n) is 5.72. The molecular weight excluding hydrogens is 564 g/mol. The second-order valence-electron chi connectivity index (χ2n) is 10.9. The number of nitrogens with one attached hydrogen (secondary N) is 1. The number of amides is 1. The summed E-state index contributed by atoms with van der Waals surface area (Å²) in [5, 5.41) is 3.19. The fourth-order valence-corrected chi connectivity index (χ4v) is 5.72. The molecule has 3 aliphatic rings. The van der Waals surface area contributed by atoms with Crippen LogP contribution in [0.1, 0.15) is 75.3 Å². The van der Waals surface area contributed by atoms with Gasteiger partial charge in [-0.25, -0.2) is 9.59 Å². The topological polar surface area (TPSA) is 109 Å². The van der Waals surface area contributed by atoms with Gasteiger partial charge < -0.3 is 29.0 Å². The first kappa shape index (κ1) is 28.6. The average Bonchev–Trinajstić information content (AvgIpc) is 3.77. The van der Waals surface area contributed by atoms with Crippen molar-refractivity contribution in [2.45, 2.75) is 55.6 Å². The van der Waals surface area contributed by atoms with Crippen LogP contribution in [0.25, 0.3) is 0 Å². The van der Waals surface area contributed by atoms with Gasteiger partial charge in [0.25, 0.3) is 0 Å². The van der Waals surface area contributed by atoms with Crippen molar-refractivity contribution >= 4 is 17.8 Å². The number of methoxy groups -OCH3 is 2. The number of carbonyl (C=O) groups excluding carboxylic acids is 3. The lowest BCUT2D eigenvalue weighted by atomic mass is 9.89. The zero-order valence-electron chi connectivity index (χ0n) is 23.4. The molecule has 2 fully saturated rings. The molecule has 3 aromatic rings. The highest BCUT2D eigenvalue weighted by Gasteiger charge is 2.53. The lowest BCUT2D eigenvalue weighted by Crippen LogP contribution is -2.45. The van der Waals surface area contributed by atoms with Crippen LogP contribution >= 0.6 is 0 Å². The van der Waals surface area contributed by atoms with Gasteiger partial charge in [-0.3, -0.25) is 4.79 Å². The molecule has 0 spiro atoms. The van der Waals surface area contributed by atoms with E-state index in [9.17, 15) is 23.2 Å². The van der Waals surface area contributed by atoms with Crippen molar-refractivity contribution in [2.24, 2.45) is 0 Å². The quantitative estimate of drug-likeness (QED) is 0.363. The van der Waals surface area contributed by atoms with Crippen LogP contribution in [-0.2, 0) is 24.4 Å². The zero-order valence-corrected chi connectivity index (χ0v) is 23.4. The molecule has 11 heteroatoms. The van der Waals surface area contributed by atoms with E-state index in [1.54, 1.807) is 54.6 Å². The summed E-state index contributed by atoms with van der Waals surface area (Å²) in [6.07, 6.45) is -2.52. The van der Waals surface area contributed by atoms with Crippen molar-refractivity contribution in [3.63, 3.8) is 0 Å². The van der Waals surface area contributed by atoms with Crippen LogP contribution in [0.5, 0.6) is 11.5 Å². The lowest BCUT2D eigenvalue weighted by molar-refractivity contribution is -0.286. The molecule has 224 valence electrons. The largest absolute Gasteiger partial charge is 0.586 e. The molecule has 6 rings (SSSR count). The van der Waals surface area contributed by atoms with Crippen LogP contribution in [0.4, 0.5) is 8.78 Å². The van der Waals surface area contributed by atoms with Crippen molar-refractivity contribution in [2.75, 3.05) is 14.2 Å². The fraction of sp³-hybridized carbons (Fsp3) is 0.344. The Morgan fingerprint density at radius 3 is 1.77 bits per heavy atom. The molecule has 1 amide bonds. The molecule has 3 aromatic carbocycles. The molecule has 1 saturated heterocycles. The maximum atomic E-state index is 13.7. The van der Waals surface area contributed by atoms with Gasteiger partial charge >= 0.3 is 18.2 Å². The Kier molecular flexibility index (Phi) is 7.29. The molecule has 1 saturated carbocycles. The Balaban J connectivity index is 1.24. The summed E-state index contributed by atoms with van der Waals surface area (Å²) in [5.41, 5.74) is 2.17. The molecule has 0 radical (unpaired) electrons. The maximum absolute atomic E-state index is 13.7. The minimum absolute atomic E-state index is 0.0727. The number of hydrogen-bond acceptors (Lipinski definition) is 8.